The molecule has 110 valence electrons. The Balaban J connectivity index is 4.77. The van der Waals surface area contributed by atoms with Gasteiger partial charge in [-0.3, -0.25) is 14.4 Å². The van der Waals surface area contributed by atoms with Crippen LogP contribution in [0.2, 0.25) is 0 Å². The number of hydrogen-bond donors (Lipinski definition) is 3. The van der Waals surface area contributed by atoms with Gasteiger partial charge in [-0.25, -0.2) is 0 Å². The summed E-state index contributed by atoms with van der Waals surface area (Å²) >= 11 is 0. The standard InChI is InChI=1S/C12H21NO6/c1-13(2,3)8-12(19,7-11(17)18)9(14)5-4-6-10(15)16/h19H,4-8H2,1-3H3,(H-,15,16,17,18)/p+1. The molecule has 7 heteroatoms. The average Bonchev–Trinajstić information content (AvgIpc) is 2.11. The molecule has 0 spiro atoms. The number of carboxylic acids is 2. The maximum Gasteiger partial charge on any atom is 0.306 e. The van der Waals surface area contributed by atoms with E-state index in [1.165, 1.54) is 0 Å². The average molecular weight is 276 g/mol. The van der Waals surface area contributed by atoms with Gasteiger partial charge in [0.1, 0.15) is 6.54 Å². The molecule has 0 aromatic carbocycles. The third-order valence-electron chi connectivity index (χ3n) is 2.49. The molecule has 0 radical (unpaired) electrons. The second kappa shape index (κ2) is 6.63. The molecule has 0 saturated heterocycles. The Hall–Kier alpha value is -1.47. The van der Waals surface area contributed by atoms with Crippen molar-refractivity contribution in [1.29, 1.82) is 0 Å². The van der Waals surface area contributed by atoms with Crippen LogP contribution in [0.1, 0.15) is 25.7 Å². The largest absolute Gasteiger partial charge is 0.481 e. The van der Waals surface area contributed by atoms with E-state index in [0.29, 0.717) is 0 Å². The summed E-state index contributed by atoms with van der Waals surface area (Å²) in [5.41, 5.74) is -1.96. The van der Waals surface area contributed by atoms with E-state index in [4.69, 9.17) is 10.2 Å². The van der Waals surface area contributed by atoms with Gasteiger partial charge in [0.05, 0.1) is 27.6 Å². The fourth-order valence-corrected chi connectivity index (χ4v) is 1.91. The number of ketones is 1. The van der Waals surface area contributed by atoms with Crippen LogP contribution < -0.4 is 0 Å². The number of aliphatic carboxylic acids is 2. The summed E-state index contributed by atoms with van der Waals surface area (Å²) in [6.07, 6.45) is -0.906. The molecule has 1 atom stereocenters. The van der Waals surface area contributed by atoms with Crippen molar-refractivity contribution in [2.75, 3.05) is 27.7 Å². The van der Waals surface area contributed by atoms with E-state index >= 15 is 0 Å². The molecule has 1 unspecified atom stereocenters. The lowest BCUT2D eigenvalue weighted by atomic mass is 9.90. The summed E-state index contributed by atoms with van der Waals surface area (Å²) in [4.78, 5) is 33.1. The number of quaternary nitrogens is 1. The highest BCUT2D eigenvalue weighted by atomic mass is 16.4. The molecule has 0 fully saturated rings. The van der Waals surface area contributed by atoms with Gasteiger partial charge in [-0.15, -0.1) is 0 Å². The van der Waals surface area contributed by atoms with E-state index in [2.05, 4.69) is 0 Å². The van der Waals surface area contributed by atoms with Crippen LogP contribution in [0.25, 0.3) is 0 Å². The normalized spacial score (nSPS) is 14.7. The predicted molar refractivity (Wildman–Crippen MR) is 66.6 cm³/mol. The lowest BCUT2D eigenvalue weighted by molar-refractivity contribution is -0.875. The van der Waals surface area contributed by atoms with Gasteiger partial charge >= 0.3 is 11.9 Å². The molecule has 0 aromatic rings. The van der Waals surface area contributed by atoms with E-state index in [1.54, 1.807) is 21.1 Å². The van der Waals surface area contributed by atoms with Crippen molar-refractivity contribution in [1.82, 2.24) is 0 Å². The minimum absolute atomic E-state index is 0.0365. The maximum atomic E-state index is 11.9. The topological polar surface area (TPSA) is 112 Å². The first-order valence-corrected chi connectivity index (χ1v) is 5.96. The number of carbonyl (C=O) groups excluding carboxylic acids is 1. The van der Waals surface area contributed by atoms with Crippen molar-refractivity contribution < 1.29 is 34.2 Å². The van der Waals surface area contributed by atoms with Crippen LogP contribution in [0.4, 0.5) is 0 Å². The molecule has 0 bridgehead atoms. The van der Waals surface area contributed by atoms with Crippen molar-refractivity contribution >= 4 is 17.7 Å². The minimum Gasteiger partial charge on any atom is -0.481 e. The third kappa shape index (κ3) is 7.53. The molecule has 19 heavy (non-hydrogen) atoms. The number of nitrogens with zero attached hydrogens (tertiary/aromatic N) is 1. The smallest absolute Gasteiger partial charge is 0.306 e. The molecule has 0 aromatic heterocycles. The van der Waals surface area contributed by atoms with Crippen LogP contribution in [0.3, 0.4) is 0 Å². The molecular weight excluding hydrogens is 254 g/mol. The zero-order valence-electron chi connectivity index (χ0n) is 11.5. The quantitative estimate of drug-likeness (QED) is 0.499. The molecule has 0 heterocycles. The Morgan fingerprint density at radius 3 is 1.89 bits per heavy atom. The fourth-order valence-electron chi connectivity index (χ4n) is 1.91. The van der Waals surface area contributed by atoms with E-state index < -0.39 is 29.7 Å². The summed E-state index contributed by atoms with van der Waals surface area (Å²) in [7, 11) is 5.20. The molecule has 0 aliphatic heterocycles. The maximum absolute atomic E-state index is 11.9. The zero-order valence-corrected chi connectivity index (χ0v) is 11.5. The van der Waals surface area contributed by atoms with Crippen LogP contribution in [-0.4, -0.2) is 70.8 Å². The van der Waals surface area contributed by atoms with Crippen LogP contribution in [-0.2, 0) is 14.4 Å². The van der Waals surface area contributed by atoms with Crippen LogP contribution in [0.5, 0.6) is 0 Å². The molecule has 0 aliphatic rings. The summed E-state index contributed by atoms with van der Waals surface area (Å²) in [6.45, 7) is -0.0365. The molecule has 7 nitrogen and oxygen atoms in total. The molecular formula is C12H22NO6+. The highest BCUT2D eigenvalue weighted by molar-refractivity contribution is 5.91. The predicted octanol–water partition coefficient (Wildman–Crippen LogP) is -0.278. The van der Waals surface area contributed by atoms with E-state index in [1.807, 2.05) is 0 Å². The Labute approximate surface area is 112 Å². The van der Waals surface area contributed by atoms with Crippen LogP contribution in [0.15, 0.2) is 0 Å². The van der Waals surface area contributed by atoms with Gasteiger partial charge in [-0.1, -0.05) is 0 Å². The van der Waals surface area contributed by atoms with Crippen LogP contribution >= 0.6 is 0 Å². The highest BCUT2D eigenvalue weighted by Crippen LogP contribution is 2.19. The minimum atomic E-state index is -1.96. The van der Waals surface area contributed by atoms with E-state index in [-0.39, 0.29) is 30.3 Å². The number of hydrogen-bond acceptors (Lipinski definition) is 4. The lowest BCUT2D eigenvalue weighted by Gasteiger charge is -2.33. The van der Waals surface area contributed by atoms with Gasteiger partial charge in [0.25, 0.3) is 0 Å². The number of aliphatic hydroxyl groups is 1. The Morgan fingerprint density at radius 2 is 1.53 bits per heavy atom. The lowest BCUT2D eigenvalue weighted by Crippen LogP contribution is -2.54. The molecule has 3 N–H and O–H groups in total. The van der Waals surface area contributed by atoms with Gasteiger partial charge in [0, 0.05) is 12.8 Å². The summed E-state index contributed by atoms with van der Waals surface area (Å²) in [6, 6.07) is 0. The molecule has 0 amide bonds. The highest BCUT2D eigenvalue weighted by Gasteiger charge is 2.42. The van der Waals surface area contributed by atoms with Gasteiger partial charge in [0.2, 0.25) is 0 Å². The Morgan fingerprint density at radius 1 is 1.00 bits per heavy atom. The van der Waals surface area contributed by atoms with Gasteiger partial charge in [0.15, 0.2) is 11.4 Å². The molecule has 0 rings (SSSR count). The van der Waals surface area contributed by atoms with Crippen molar-refractivity contribution in [3.8, 4) is 0 Å². The fraction of sp³-hybridized carbons (Fsp3) is 0.750. The SMILES string of the molecule is C[N+](C)(C)CC(O)(CC(=O)O)C(=O)CCCC(=O)O. The van der Waals surface area contributed by atoms with Crippen LogP contribution in [0, 0.1) is 0 Å². The Kier molecular flexibility index (Phi) is 6.11. The summed E-state index contributed by atoms with van der Waals surface area (Å²) < 4.78 is 0.231. The van der Waals surface area contributed by atoms with Crippen molar-refractivity contribution in [3.05, 3.63) is 0 Å². The van der Waals surface area contributed by atoms with Gasteiger partial charge in [-0.05, 0) is 6.42 Å². The first-order chi connectivity index (χ1) is 8.46. The third-order valence-corrected chi connectivity index (χ3v) is 2.49. The van der Waals surface area contributed by atoms with Crippen molar-refractivity contribution in [3.63, 3.8) is 0 Å². The molecule has 0 saturated carbocycles. The number of likely N-dealkylation sites (N-methyl/N-ethyl adjacent to an activating group) is 1. The molecule has 0 aliphatic carbocycles. The van der Waals surface area contributed by atoms with E-state index in [0.717, 1.165) is 0 Å². The van der Waals surface area contributed by atoms with Crippen molar-refractivity contribution in [2.45, 2.75) is 31.3 Å². The number of Topliss-reactive ketones (excluding diaryl/α,β-unsaturated/α-hetero) is 1. The monoisotopic (exact) mass is 276 g/mol. The van der Waals surface area contributed by atoms with E-state index in [9.17, 15) is 19.5 Å². The number of rotatable bonds is 9. The number of carboxylic acid groups (broad SMARTS) is 2. The van der Waals surface area contributed by atoms with Gasteiger partial charge in [-0.2, -0.15) is 0 Å². The van der Waals surface area contributed by atoms with Gasteiger partial charge < -0.3 is 19.8 Å². The second-order valence-electron chi connectivity index (χ2n) is 5.72. The number of carbonyl (C=O) groups is 3. The van der Waals surface area contributed by atoms with Crippen molar-refractivity contribution in [2.24, 2.45) is 0 Å². The second-order valence-corrected chi connectivity index (χ2v) is 5.72. The first-order valence-electron chi connectivity index (χ1n) is 5.96. The zero-order chi connectivity index (χ0) is 15.3. The summed E-state index contributed by atoms with van der Waals surface area (Å²) in [5.74, 6) is -2.91. The summed E-state index contributed by atoms with van der Waals surface area (Å²) in [5, 5.41) is 27.5. The Bertz CT molecular complexity index is 360. The first kappa shape index (κ1) is 17.5.